The molecule has 1 atom stereocenters. The molecule has 10 heteroatoms. The number of nitrogens with one attached hydrogen (secondary N) is 1. The number of nitrogens with zero attached hydrogens (tertiary/aromatic N) is 1. The second kappa shape index (κ2) is 8.58. The molecule has 0 saturated heterocycles. The summed E-state index contributed by atoms with van der Waals surface area (Å²) >= 11 is 5.78. The van der Waals surface area contributed by atoms with Gasteiger partial charge in [-0.2, -0.15) is 26.3 Å². The molecule has 0 spiro atoms. The van der Waals surface area contributed by atoms with Gasteiger partial charge in [0.1, 0.15) is 0 Å². The summed E-state index contributed by atoms with van der Waals surface area (Å²) in [7, 11) is 0. The van der Waals surface area contributed by atoms with Gasteiger partial charge >= 0.3 is 12.4 Å². The fraction of sp³-hybridized carbons (Fsp3) is 0.143. The quantitative estimate of drug-likeness (QED) is 0.467. The largest absolute Gasteiger partial charge is 0.418 e. The number of hydrogen-bond acceptors (Lipinski definition) is 2. The van der Waals surface area contributed by atoms with Crippen molar-refractivity contribution >= 4 is 17.5 Å². The van der Waals surface area contributed by atoms with E-state index in [0.29, 0.717) is 5.02 Å². The lowest BCUT2D eigenvalue weighted by Gasteiger charge is -2.23. The van der Waals surface area contributed by atoms with Crippen LogP contribution in [0.15, 0.2) is 66.9 Å². The molecule has 0 unspecified atom stereocenters. The number of rotatable bonds is 4. The Labute approximate surface area is 177 Å². The maximum Gasteiger partial charge on any atom is 0.418 e. The summed E-state index contributed by atoms with van der Waals surface area (Å²) in [4.78, 5) is 16.4. The summed E-state index contributed by atoms with van der Waals surface area (Å²) in [5.74, 6) is -0.750. The highest BCUT2D eigenvalue weighted by molar-refractivity contribution is 6.30. The number of halogens is 7. The Hall–Kier alpha value is -3.07. The molecule has 0 radical (unpaired) electrons. The molecule has 0 fully saturated rings. The van der Waals surface area contributed by atoms with Crippen LogP contribution in [0.25, 0.3) is 0 Å². The average Bonchev–Trinajstić information content (AvgIpc) is 2.71. The molecule has 1 heterocycles. The smallest absolute Gasteiger partial charge is 0.340 e. The standard InChI is InChI=1S/C21H13ClF6N2O/c22-15-9-5-13(6-10-15)19(31)30-17(12-3-7-14(8-4-12)20(23,24)25)18-16(21(26,27)28)2-1-11-29-18/h1-11,17H,(H,30,31)/t17-/m0/s1. The van der Waals surface area contributed by atoms with E-state index in [-0.39, 0.29) is 11.1 Å². The van der Waals surface area contributed by atoms with Crippen LogP contribution in [0.1, 0.15) is 38.8 Å². The number of pyridine rings is 1. The Morgan fingerprint density at radius 2 is 1.48 bits per heavy atom. The maximum atomic E-state index is 13.5. The summed E-state index contributed by atoms with van der Waals surface area (Å²) in [6, 6.07) is 9.45. The summed E-state index contributed by atoms with van der Waals surface area (Å²) in [6.45, 7) is 0. The van der Waals surface area contributed by atoms with Gasteiger partial charge < -0.3 is 5.32 Å². The molecule has 0 saturated carbocycles. The third-order valence-corrected chi connectivity index (χ3v) is 4.62. The molecule has 0 aliphatic heterocycles. The van der Waals surface area contributed by atoms with Gasteiger partial charge in [-0.1, -0.05) is 23.7 Å². The molecule has 3 aromatic rings. The number of alkyl halides is 6. The van der Waals surface area contributed by atoms with E-state index in [4.69, 9.17) is 11.6 Å². The van der Waals surface area contributed by atoms with Gasteiger partial charge in [-0.3, -0.25) is 9.78 Å². The number of hydrogen-bond donors (Lipinski definition) is 1. The van der Waals surface area contributed by atoms with Crippen LogP contribution in [0, 0.1) is 0 Å². The van der Waals surface area contributed by atoms with Crippen molar-refractivity contribution in [2.75, 3.05) is 0 Å². The first-order valence-corrected chi connectivity index (χ1v) is 9.10. The first kappa shape index (κ1) is 22.6. The van der Waals surface area contributed by atoms with E-state index >= 15 is 0 Å². The highest BCUT2D eigenvalue weighted by Crippen LogP contribution is 2.36. The molecule has 0 aliphatic carbocycles. The van der Waals surface area contributed by atoms with Crippen molar-refractivity contribution in [2.45, 2.75) is 18.4 Å². The number of aromatic nitrogens is 1. The minimum Gasteiger partial charge on any atom is -0.340 e. The molecule has 3 rings (SSSR count). The van der Waals surface area contributed by atoms with Crippen molar-refractivity contribution in [2.24, 2.45) is 0 Å². The van der Waals surface area contributed by atoms with Crippen LogP contribution in [-0.4, -0.2) is 10.9 Å². The zero-order chi connectivity index (χ0) is 22.8. The number of carbonyl (C=O) groups is 1. The maximum absolute atomic E-state index is 13.5. The third kappa shape index (κ3) is 5.35. The Kier molecular flexibility index (Phi) is 6.26. The lowest BCUT2D eigenvalue weighted by molar-refractivity contribution is -0.139. The van der Waals surface area contributed by atoms with Gasteiger partial charge in [-0.25, -0.2) is 0 Å². The fourth-order valence-corrected chi connectivity index (χ4v) is 3.00. The first-order chi connectivity index (χ1) is 14.5. The van der Waals surface area contributed by atoms with Crippen LogP contribution in [0.5, 0.6) is 0 Å². The molecule has 0 bridgehead atoms. The average molecular weight is 459 g/mol. The molecular formula is C21H13ClF6N2O. The van der Waals surface area contributed by atoms with Gasteiger partial charge in [0.25, 0.3) is 5.91 Å². The van der Waals surface area contributed by atoms with Crippen LogP contribution in [0.2, 0.25) is 5.02 Å². The van der Waals surface area contributed by atoms with Crippen LogP contribution < -0.4 is 5.32 Å². The van der Waals surface area contributed by atoms with E-state index in [0.717, 1.165) is 42.6 Å². The van der Waals surface area contributed by atoms with Gasteiger partial charge in [0.05, 0.1) is 22.9 Å². The Morgan fingerprint density at radius 1 is 0.871 bits per heavy atom. The van der Waals surface area contributed by atoms with E-state index < -0.39 is 41.1 Å². The molecule has 0 aliphatic rings. The molecular weight excluding hydrogens is 446 g/mol. The molecule has 31 heavy (non-hydrogen) atoms. The summed E-state index contributed by atoms with van der Waals surface area (Å²) in [5, 5.41) is 2.78. The van der Waals surface area contributed by atoms with Crippen LogP contribution in [0.3, 0.4) is 0 Å². The van der Waals surface area contributed by atoms with Crippen molar-refractivity contribution in [1.29, 1.82) is 0 Å². The second-order valence-electron chi connectivity index (χ2n) is 6.47. The molecule has 162 valence electrons. The first-order valence-electron chi connectivity index (χ1n) is 8.72. The monoisotopic (exact) mass is 458 g/mol. The molecule has 3 nitrogen and oxygen atoms in total. The van der Waals surface area contributed by atoms with E-state index in [1.165, 1.54) is 24.3 Å². The lowest BCUT2D eigenvalue weighted by atomic mass is 9.97. The summed E-state index contributed by atoms with van der Waals surface area (Å²) < 4.78 is 79.3. The number of benzene rings is 2. The van der Waals surface area contributed by atoms with Crippen LogP contribution in [0.4, 0.5) is 26.3 Å². The van der Waals surface area contributed by atoms with Crippen LogP contribution >= 0.6 is 11.6 Å². The lowest BCUT2D eigenvalue weighted by Crippen LogP contribution is -2.31. The van der Waals surface area contributed by atoms with E-state index in [1.54, 1.807) is 0 Å². The normalized spacial score (nSPS) is 13.0. The topological polar surface area (TPSA) is 42.0 Å². The fourth-order valence-electron chi connectivity index (χ4n) is 2.88. The number of carbonyl (C=O) groups excluding carboxylic acids is 1. The molecule has 2 aromatic carbocycles. The van der Waals surface area contributed by atoms with Crippen molar-refractivity contribution in [1.82, 2.24) is 10.3 Å². The highest BCUT2D eigenvalue weighted by atomic mass is 35.5. The molecule has 1 aromatic heterocycles. The minimum absolute atomic E-state index is 0.000450. The minimum atomic E-state index is -4.79. The van der Waals surface area contributed by atoms with Gasteiger partial charge in [-0.05, 0) is 54.1 Å². The van der Waals surface area contributed by atoms with E-state index in [1.807, 2.05) is 0 Å². The van der Waals surface area contributed by atoms with Crippen molar-refractivity contribution in [3.8, 4) is 0 Å². The van der Waals surface area contributed by atoms with Gasteiger partial charge in [-0.15, -0.1) is 0 Å². The van der Waals surface area contributed by atoms with Gasteiger partial charge in [0.15, 0.2) is 0 Å². The predicted molar refractivity (Wildman–Crippen MR) is 101 cm³/mol. The zero-order valence-corrected chi connectivity index (χ0v) is 16.2. The van der Waals surface area contributed by atoms with E-state index in [9.17, 15) is 31.1 Å². The summed E-state index contributed by atoms with van der Waals surface area (Å²) in [5.41, 5.74) is -2.53. The SMILES string of the molecule is O=C(N[C@@H](c1ccc(C(F)(F)F)cc1)c1ncccc1C(F)(F)F)c1ccc(Cl)cc1. The van der Waals surface area contributed by atoms with Crippen molar-refractivity contribution < 1.29 is 31.1 Å². The zero-order valence-electron chi connectivity index (χ0n) is 15.4. The molecule has 1 amide bonds. The van der Waals surface area contributed by atoms with Crippen molar-refractivity contribution in [3.05, 3.63) is 99.8 Å². The van der Waals surface area contributed by atoms with Crippen LogP contribution in [-0.2, 0) is 12.4 Å². The van der Waals surface area contributed by atoms with Gasteiger partial charge in [0, 0.05) is 16.8 Å². The van der Waals surface area contributed by atoms with Gasteiger partial charge in [0.2, 0.25) is 0 Å². The second-order valence-corrected chi connectivity index (χ2v) is 6.90. The Balaban J connectivity index is 2.07. The Morgan fingerprint density at radius 3 is 2.03 bits per heavy atom. The third-order valence-electron chi connectivity index (χ3n) is 4.37. The highest BCUT2D eigenvalue weighted by Gasteiger charge is 2.37. The van der Waals surface area contributed by atoms with Crippen molar-refractivity contribution in [3.63, 3.8) is 0 Å². The molecule has 1 N–H and O–H groups in total. The van der Waals surface area contributed by atoms with E-state index in [2.05, 4.69) is 10.3 Å². The number of amides is 1. The summed E-state index contributed by atoms with van der Waals surface area (Å²) in [6.07, 6.45) is -8.31. The predicted octanol–water partition coefficient (Wildman–Crippen LogP) is 6.29. The Bertz CT molecular complexity index is 1060.